The van der Waals surface area contributed by atoms with Gasteiger partial charge in [-0.3, -0.25) is 0 Å². The van der Waals surface area contributed by atoms with Crippen LogP contribution in [0.1, 0.15) is 19.4 Å². The first-order chi connectivity index (χ1) is 8.17. The lowest BCUT2D eigenvalue weighted by Crippen LogP contribution is -2.43. The second kappa shape index (κ2) is 6.37. The quantitative estimate of drug-likeness (QED) is 0.789. The Morgan fingerprint density at radius 1 is 1.24 bits per heavy atom. The number of hydrogen-bond donors (Lipinski definition) is 1. The van der Waals surface area contributed by atoms with Crippen LogP contribution in [0.3, 0.4) is 0 Å². The number of carbonyl (C=O) groups is 1. The molecule has 0 amide bonds. The van der Waals surface area contributed by atoms with Crippen LogP contribution >= 0.6 is 0 Å². The third-order valence-electron chi connectivity index (χ3n) is 2.49. The molecule has 1 aromatic rings. The molecule has 1 unspecified atom stereocenters. The van der Waals surface area contributed by atoms with Crippen molar-refractivity contribution in [1.82, 2.24) is 0 Å². The molecule has 0 aliphatic rings. The summed E-state index contributed by atoms with van der Waals surface area (Å²) < 4.78 is 10.7. The Balaban J connectivity index is 3.10. The fraction of sp³-hybridized carbons (Fsp3) is 0.462. The summed E-state index contributed by atoms with van der Waals surface area (Å²) in [5, 5.41) is 9.43. The summed E-state index contributed by atoms with van der Waals surface area (Å²) in [5.41, 5.74) is -0.811. The van der Waals surface area contributed by atoms with Crippen LogP contribution in [-0.4, -0.2) is 30.9 Å². The molecule has 4 heteroatoms. The topological polar surface area (TPSA) is 55.8 Å². The minimum absolute atomic E-state index is 0.0106. The van der Waals surface area contributed by atoms with E-state index in [0.717, 1.165) is 0 Å². The first kappa shape index (κ1) is 13.7. The predicted octanol–water partition coefficient (Wildman–Crippen LogP) is 2.04. The largest absolute Gasteiger partial charge is 0.479 e. The Bertz CT molecular complexity index is 350. The molecule has 1 atom stereocenters. The molecule has 0 saturated heterocycles. The van der Waals surface area contributed by atoms with Gasteiger partial charge >= 0.3 is 5.97 Å². The molecule has 1 N–H and O–H groups in total. The lowest BCUT2D eigenvalue weighted by atomic mass is 9.94. The van der Waals surface area contributed by atoms with Crippen molar-refractivity contribution in [2.45, 2.75) is 19.4 Å². The molecule has 0 aliphatic carbocycles. The highest BCUT2D eigenvalue weighted by atomic mass is 16.6. The summed E-state index contributed by atoms with van der Waals surface area (Å²) in [5.74, 6) is -1.03. The van der Waals surface area contributed by atoms with Gasteiger partial charge in [0.1, 0.15) is 0 Å². The first-order valence-electron chi connectivity index (χ1n) is 5.68. The van der Waals surface area contributed by atoms with Crippen molar-refractivity contribution in [3.63, 3.8) is 0 Å². The van der Waals surface area contributed by atoms with E-state index in [4.69, 9.17) is 9.47 Å². The van der Waals surface area contributed by atoms with Gasteiger partial charge < -0.3 is 14.6 Å². The maximum absolute atomic E-state index is 11.5. The van der Waals surface area contributed by atoms with E-state index < -0.39 is 11.6 Å². The van der Waals surface area contributed by atoms with Crippen LogP contribution in [0.25, 0.3) is 0 Å². The average Bonchev–Trinajstić information content (AvgIpc) is 2.35. The van der Waals surface area contributed by atoms with Gasteiger partial charge in [0.2, 0.25) is 5.60 Å². The van der Waals surface area contributed by atoms with Crippen molar-refractivity contribution in [2.24, 2.45) is 0 Å². The molecule has 0 spiro atoms. The second-order valence-corrected chi connectivity index (χ2v) is 3.57. The maximum Gasteiger partial charge on any atom is 0.343 e. The number of benzene rings is 1. The van der Waals surface area contributed by atoms with Gasteiger partial charge in [-0.2, -0.15) is 0 Å². The van der Waals surface area contributed by atoms with Crippen LogP contribution in [0.5, 0.6) is 0 Å². The van der Waals surface area contributed by atoms with E-state index in [9.17, 15) is 9.90 Å². The second-order valence-electron chi connectivity index (χ2n) is 3.57. The SMILES string of the molecule is CCOCC(OCC)(C(=O)O)c1ccccc1. The first-order valence-corrected chi connectivity index (χ1v) is 5.68. The highest BCUT2D eigenvalue weighted by molar-refractivity contribution is 5.79. The van der Waals surface area contributed by atoms with E-state index in [1.54, 1.807) is 31.2 Å². The van der Waals surface area contributed by atoms with E-state index in [1.807, 2.05) is 13.0 Å². The summed E-state index contributed by atoms with van der Waals surface area (Å²) >= 11 is 0. The monoisotopic (exact) mass is 238 g/mol. The number of rotatable bonds is 7. The maximum atomic E-state index is 11.5. The number of hydrogen-bond acceptors (Lipinski definition) is 3. The Hall–Kier alpha value is -1.39. The molecule has 4 nitrogen and oxygen atoms in total. The highest BCUT2D eigenvalue weighted by Gasteiger charge is 2.41. The van der Waals surface area contributed by atoms with Gasteiger partial charge in [-0.05, 0) is 19.4 Å². The van der Waals surface area contributed by atoms with Crippen LogP contribution in [0.2, 0.25) is 0 Å². The minimum atomic E-state index is -1.41. The fourth-order valence-corrected chi connectivity index (χ4v) is 1.65. The summed E-state index contributed by atoms with van der Waals surface area (Å²) in [6, 6.07) is 8.89. The molecule has 1 aromatic carbocycles. The zero-order valence-electron chi connectivity index (χ0n) is 10.2. The van der Waals surface area contributed by atoms with Crippen molar-refractivity contribution < 1.29 is 19.4 Å². The molecule has 17 heavy (non-hydrogen) atoms. The summed E-state index contributed by atoms with van der Waals surface area (Å²) in [6.07, 6.45) is 0. The molecule has 0 fully saturated rings. The third kappa shape index (κ3) is 3.05. The molecule has 0 aromatic heterocycles. The normalized spacial score (nSPS) is 14.2. The van der Waals surface area contributed by atoms with Gasteiger partial charge in [0.15, 0.2) is 0 Å². The highest BCUT2D eigenvalue weighted by Crippen LogP contribution is 2.26. The predicted molar refractivity (Wildman–Crippen MR) is 63.9 cm³/mol. The molecule has 0 radical (unpaired) electrons. The summed E-state index contributed by atoms with van der Waals surface area (Å²) in [6.45, 7) is 4.37. The minimum Gasteiger partial charge on any atom is -0.479 e. The number of aliphatic carboxylic acids is 1. The fourth-order valence-electron chi connectivity index (χ4n) is 1.65. The Kier molecular flexibility index (Phi) is 5.12. The summed E-state index contributed by atoms with van der Waals surface area (Å²) in [7, 11) is 0. The van der Waals surface area contributed by atoms with Crippen molar-refractivity contribution in [1.29, 1.82) is 0 Å². The smallest absolute Gasteiger partial charge is 0.343 e. The molecular formula is C13H18O4. The number of ether oxygens (including phenoxy) is 2. The van der Waals surface area contributed by atoms with Crippen molar-refractivity contribution in [3.8, 4) is 0 Å². The molecule has 1 rings (SSSR count). The third-order valence-corrected chi connectivity index (χ3v) is 2.49. The average molecular weight is 238 g/mol. The van der Waals surface area contributed by atoms with E-state index >= 15 is 0 Å². The van der Waals surface area contributed by atoms with Gasteiger partial charge in [0.25, 0.3) is 0 Å². The van der Waals surface area contributed by atoms with Crippen LogP contribution < -0.4 is 0 Å². The van der Waals surface area contributed by atoms with Gasteiger partial charge in [0.05, 0.1) is 6.61 Å². The van der Waals surface area contributed by atoms with Crippen LogP contribution in [0.4, 0.5) is 0 Å². The van der Waals surface area contributed by atoms with Crippen LogP contribution in [0.15, 0.2) is 30.3 Å². The van der Waals surface area contributed by atoms with E-state index in [0.29, 0.717) is 18.8 Å². The van der Waals surface area contributed by atoms with E-state index in [1.165, 1.54) is 0 Å². The van der Waals surface area contributed by atoms with Gasteiger partial charge in [-0.1, -0.05) is 30.3 Å². The molecule has 0 heterocycles. The summed E-state index contributed by atoms with van der Waals surface area (Å²) in [4.78, 5) is 11.5. The van der Waals surface area contributed by atoms with Crippen LogP contribution in [-0.2, 0) is 19.9 Å². The zero-order chi connectivity index (χ0) is 12.7. The van der Waals surface area contributed by atoms with Crippen molar-refractivity contribution >= 4 is 5.97 Å². The van der Waals surface area contributed by atoms with Gasteiger partial charge in [-0.25, -0.2) is 4.79 Å². The molecule has 0 aliphatic heterocycles. The molecular weight excluding hydrogens is 220 g/mol. The van der Waals surface area contributed by atoms with Crippen LogP contribution in [0, 0.1) is 0 Å². The van der Waals surface area contributed by atoms with Gasteiger partial charge in [0, 0.05) is 13.2 Å². The lowest BCUT2D eigenvalue weighted by molar-refractivity contribution is -0.176. The number of carboxylic acid groups (broad SMARTS) is 1. The Morgan fingerprint density at radius 3 is 2.35 bits per heavy atom. The number of carboxylic acids is 1. The zero-order valence-corrected chi connectivity index (χ0v) is 10.2. The van der Waals surface area contributed by atoms with Gasteiger partial charge in [-0.15, -0.1) is 0 Å². The Labute approximate surface area is 101 Å². The van der Waals surface area contributed by atoms with E-state index in [-0.39, 0.29) is 6.61 Å². The van der Waals surface area contributed by atoms with Crippen molar-refractivity contribution in [2.75, 3.05) is 19.8 Å². The Morgan fingerprint density at radius 2 is 1.88 bits per heavy atom. The molecule has 0 saturated carbocycles. The van der Waals surface area contributed by atoms with E-state index in [2.05, 4.69) is 0 Å². The van der Waals surface area contributed by atoms with Crippen molar-refractivity contribution in [3.05, 3.63) is 35.9 Å². The standard InChI is InChI=1S/C13H18O4/c1-3-16-10-13(12(14)15,17-4-2)11-8-6-5-7-9-11/h5-9H,3-4,10H2,1-2H3,(H,14,15). The molecule has 0 bridgehead atoms. The molecule has 94 valence electrons. The lowest BCUT2D eigenvalue weighted by Gasteiger charge is -2.29.